The molecule has 2 fully saturated rings. The molecule has 0 amide bonds. The van der Waals surface area contributed by atoms with Gasteiger partial charge in [0.25, 0.3) is 0 Å². The van der Waals surface area contributed by atoms with Crippen molar-refractivity contribution in [1.82, 2.24) is 5.16 Å². The minimum atomic E-state index is -0.101. The summed E-state index contributed by atoms with van der Waals surface area (Å²) in [6.45, 7) is 7.89. The second-order valence-corrected chi connectivity index (χ2v) is 10.1. The Balaban J connectivity index is 1.46. The van der Waals surface area contributed by atoms with E-state index in [1.807, 2.05) is 31.2 Å². The number of piperidine rings is 2. The zero-order valence-corrected chi connectivity index (χ0v) is 20.4. The van der Waals surface area contributed by atoms with Crippen LogP contribution in [0.25, 0.3) is 22.2 Å². The molecule has 3 aromatic rings. The smallest absolute Gasteiger partial charge is 0.309 e. The van der Waals surface area contributed by atoms with Gasteiger partial charge in [-0.2, -0.15) is 0 Å². The van der Waals surface area contributed by atoms with Crippen LogP contribution in [0.1, 0.15) is 55.5 Å². The van der Waals surface area contributed by atoms with E-state index in [9.17, 15) is 9.59 Å². The number of hydrogen-bond acceptors (Lipinski definition) is 7. The first-order valence-electron chi connectivity index (χ1n) is 12.8. The molecule has 7 heteroatoms. The molecule has 3 heterocycles. The van der Waals surface area contributed by atoms with Crippen molar-refractivity contribution in [3.63, 3.8) is 0 Å². The number of carbonyl (C=O) groups is 2. The van der Waals surface area contributed by atoms with Crippen LogP contribution in [0.3, 0.4) is 0 Å². The van der Waals surface area contributed by atoms with E-state index in [2.05, 4.69) is 27.9 Å². The van der Waals surface area contributed by atoms with Gasteiger partial charge in [0.15, 0.2) is 11.5 Å². The van der Waals surface area contributed by atoms with E-state index in [0.29, 0.717) is 23.8 Å². The summed E-state index contributed by atoms with van der Waals surface area (Å²) in [4.78, 5) is 30.8. The third-order valence-electron chi connectivity index (χ3n) is 7.94. The van der Waals surface area contributed by atoms with Gasteiger partial charge >= 0.3 is 5.97 Å². The Labute approximate surface area is 205 Å². The molecular weight excluding hydrogens is 442 g/mol. The molecule has 1 aromatic heterocycles. The minimum absolute atomic E-state index is 0.0440. The molecule has 0 saturated carbocycles. The number of ether oxygens (including phenoxy) is 1. The third-order valence-corrected chi connectivity index (χ3v) is 7.94. The summed E-state index contributed by atoms with van der Waals surface area (Å²) in [5.41, 5.74) is 4.91. The van der Waals surface area contributed by atoms with E-state index >= 15 is 0 Å². The lowest BCUT2D eigenvalue weighted by Gasteiger charge is -2.36. The lowest BCUT2D eigenvalue weighted by molar-refractivity contribution is -0.148. The predicted molar refractivity (Wildman–Crippen MR) is 135 cm³/mol. The van der Waals surface area contributed by atoms with Crippen molar-refractivity contribution in [2.24, 2.45) is 11.8 Å². The van der Waals surface area contributed by atoms with Crippen LogP contribution in [0.4, 0.5) is 11.4 Å². The molecule has 7 nitrogen and oxygen atoms in total. The van der Waals surface area contributed by atoms with Crippen LogP contribution in [0.5, 0.6) is 0 Å². The molecule has 6 rings (SSSR count). The van der Waals surface area contributed by atoms with Gasteiger partial charge in [-0.15, -0.1) is 0 Å². The molecule has 182 valence electrons. The van der Waals surface area contributed by atoms with Gasteiger partial charge in [0.1, 0.15) is 5.52 Å². The summed E-state index contributed by atoms with van der Waals surface area (Å²) in [6, 6.07) is 9.81. The van der Waals surface area contributed by atoms with E-state index in [-0.39, 0.29) is 17.7 Å². The van der Waals surface area contributed by atoms with Gasteiger partial charge in [-0.05, 0) is 44.6 Å². The zero-order chi connectivity index (χ0) is 24.1. The highest BCUT2D eigenvalue weighted by atomic mass is 16.5. The molecular formula is C28H31N3O4. The Morgan fingerprint density at radius 3 is 2.40 bits per heavy atom. The van der Waals surface area contributed by atoms with Crippen LogP contribution >= 0.6 is 0 Å². The van der Waals surface area contributed by atoms with Crippen LogP contribution in [0, 0.1) is 11.8 Å². The van der Waals surface area contributed by atoms with E-state index in [4.69, 9.17) is 9.26 Å². The van der Waals surface area contributed by atoms with Crippen molar-refractivity contribution in [2.75, 3.05) is 42.6 Å². The number of ketones is 1. The Hall–Kier alpha value is -3.35. The van der Waals surface area contributed by atoms with Crippen LogP contribution in [-0.4, -0.2) is 49.7 Å². The lowest BCUT2D eigenvalue weighted by Crippen LogP contribution is -2.38. The van der Waals surface area contributed by atoms with E-state index in [1.165, 1.54) is 0 Å². The highest BCUT2D eigenvalue weighted by Gasteiger charge is 2.36. The fourth-order valence-corrected chi connectivity index (χ4v) is 5.88. The maximum absolute atomic E-state index is 13.8. The number of carbonyl (C=O) groups excluding carboxylic acids is 2. The average molecular weight is 474 g/mol. The summed E-state index contributed by atoms with van der Waals surface area (Å²) in [5.74, 6) is 1.25. The summed E-state index contributed by atoms with van der Waals surface area (Å²) in [6.07, 6.45) is 3.70. The molecule has 0 atom stereocenters. The normalized spacial score (nSPS) is 18.7. The van der Waals surface area contributed by atoms with Crippen molar-refractivity contribution in [3.8, 4) is 11.3 Å². The Kier molecular flexibility index (Phi) is 5.50. The number of esters is 1. The highest BCUT2D eigenvalue weighted by Crippen LogP contribution is 2.47. The number of hydrogen-bond donors (Lipinski definition) is 0. The first kappa shape index (κ1) is 22.1. The molecule has 0 N–H and O–H groups in total. The standard InChI is InChI=1S/C28H31N3O4/c1-3-34-28(33)18-10-14-31(15-11-18)22-16-21(30-12-8-17(2)9-13-30)23-24-25(22)29-35-27(24)20-7-5-4-6-19(20)26(23)32/h4-7,16-18H,3,8-15H2,1-2H3. The van der Waals surface area contributed by atoms with Gasteiger partial charge in [-0.1, -0.05) is 36.3 Å². The molecule has 0 bridgehead atoms. The number of nitrogens with zero attached hydrogens (tertiary/aromatic N) is 3. The fraction of sp³-hybridized carbons (Fsp3) is 0.464. The fourth-order valence-electron chi connectivity index (χ4n) is 5.88. The largest absolute Gasteiger partial charge is 0.466 e. The van der Waals surface area contributed by atoms with Gasteiger partial charge in [0, 0.05) is 37.3 Å². The van der Waals surface area contributed by atoms with Crippen molar-refractivity contribution in [2.45, 2.75) is 39.5 Å². The van der Waals surface area contributed by atoms with Gasteiger partial charge in [0.05, 0.1) is 34.8 Å². The van der Waals surface area contributed by atoms with Gasteiger partial charge in [-0.3, -0.25) is 9.59 Å². The van der Waals surface area contributed by atoms with Crippen LogP contribution in [-0.2, 0) is 9.53 Å². The lowest BCUT2D eigenvalue weighted by atomic mass is 9.85. The second kappa shape index (κ2) is 8.70. The number of rotatable bonds is 4. The Morgan fingerprint density at radius 1 is 1.03 bits per heavy atom. The van der Waals surface area contributed by atoms with Crippen molar-refractivity contribution >= 4 is 34.0 Å². The maximum atomic E-state index is 13.8. The van der Waals surface area contributed by atoms with E-state index < -0.39 is 0 Å². The predicted octanol–water partition coefficient (Wildman–Crippen LogP) is 5.06. The Bertz CT molecular complexity index is 1300. The highest BCUT2D eigenvalue weighted by molar-refractivity contribution is 6.28. The summed E-state index contributed by atoms with van der Waals surface area (Å²) < 4.78 is 11.2. The molecule has 2 aliphatic heterocycles. The summed E-state index contributed by atoms with van der Waals surface area (Å²) in [7, 11) is 0. The number of benzene rings is 2. The topological polar surface area (TPSA) is 75.9 Å². The number of fused-ring (bicyclic) bond motifs is 2. The molecule has 2 saturated heterocycles. The molecule has 0 radical (unpaired) electrons. The number of anilines is 2. The molecule has 2 aromatic carbocycles. The Morgan fingerprint density at radius 2 is 1.69 bits per heavy atom. The van der Waals surface area contributed by atoms with Gasteiger partial charge in [0.2, 0.25) is 0 Å². The van der Waals surface area contributed by atoms with E-state index in [0.717, 1.165) is 85.3 Å². The van der Waals surface area contributed by atoms with Gasteiger partial charge in [-0.25, -0.2) is 0 Å². The maximum Gasteiger partial charge on any atom is 0.309 e. The van der Waals surface area contributed by atoms with Crippen molar-refractivity contribution in [1.29, 1.82) is 0 Å². The van der Waals surface area contributed by atoms with Crippen LogP contribution in [0.2, 0.25) is 0 Å². The van der Waals surface area contributed by atoms with Crippen LogP contribution in [0.15, 0.2) is 34.9 Å². The zero-order valence-electron chi connectivity index (χ0n) is 20.4. The SMILES string of the molecule is CCOC(=O)C1CCN(c2cc(N3CCC(C)CC3)c3c4c(onc24)-c2ccccc2C3=O)CC1. The summed E-state index contributed by atoms with van der Waals surface area (Å²) in [5, 5.41) is 5.33. The quantitative estimate of drug-likeness (QED) is 0.384. The first-order chi connectivity index (χ1) is 17.1. The number of aromatic nitrogens is 1. The monoisotopic (exact) mass is 473 g/mol. The van der Waals surface area contributed by atoms with Crippen molar-refractivity contribution < 1.29 is 18.8 Å². The molecule has 1 aliphatic carbocycles. The second-order valence-electron chi connectivity index (χ2n) is 10.1. The molecule has 3 aliphatic rings. The first-order valence-corrected chi connectivity index (χ1v) is 12.8. The molecule has 0 unspecified atom stereocenters. The van der Waals surface area contributed by atoms with E-state index in [1.54, 1.807) is 0 Å². The minimum Gasteiger partial charge on any atom is -0.466 e. The summed E-state index contributed by atoms with van der Waals surface area (Å²) >= 11 is 0. The van der Waals surface area contributed by atoms with Crippen molar-refractivity contribution in [3.05, 3.63) is 41.5 Å². The third kappa shape index (κ3) is 3.60. The average Bonchev–Trinajstić information content (AvgIpc) is 3.33. The molecule has 0 spiro atoms. The van der Waals surface area contributed by atoms with Gasteiger partial charge < -0.3 is 19.1 Å². The van der Waals surface area contributed by atoms with Crippen LogP contribution < -0.4 is 9.80 Å². The molecule has 35 heavy (non-hydrogen) atoms.